The Bertz CT molecular complexity index is 655. The molecule has 152 valence electrons. The van der Waals surface area contributed by atoms with Gasteiger partial charge in [0.2, 0.25) is 0 Å². The van der Waals surface area contributed by atoms with Crippen LogP contribution in [0.15, 0.2) is 21.8 Å². The molecule has 1 aromatic rings. The van der Waals surface area contributed by atoms with Crippen LogP contribution in [-0.2, 0) is 4.84 Å². The van der Waals surface area contributed by atoms with Crippen molar-refractivity contribution in [1.82, 2.24) is 0 Å². The van der Waals surface area contributed by atoms with Gasteiger partial charge in [0, 0.05) is 11.6 Å². The molecule has 0 radical (unpaired) electrons. The van der Waals surface area contributed by atoms with Crippen LogP contribution in [0.3, 0.4) is 0 Å². The zero-order valence-corrected chi connectivity index (χ0v) is 18.8. The van der Waals surface area contributed by atoms with Gasteiger partial charge in [-0.15, -0.1) is 0 Å². The molecule has 0 saturated heterocycles. The van der Waals surface area contributed by atoms with Crippen molar-refractivity contribution in [2.45, 2.75) is 46.5 Å². The second-order valence-electron chi connectivity index (χ2n) is 6.06. The third-order valence-corrected chi connectivity index (χ3v) is 4.52. The Balaban J connectivity index is 2.41. The third-order valence-electron chi connectivity index (χ3n) is 3.47. The minimum absolute atomic E-state index is 0.143. The summed E-state index contributed by atoms with van der Waals surface area (Å²) in [6.45, 7) is 7.04. The summed E-state index contributed by atoms with van der Waals surface area (Å²) in [5.41, 5.74) is 1.67. The summed E-state index contributed by atoms with van der Waals surface area (Å²) in [5.74, 6) is 1.04. The molecule has 0 aliphatic heterocycles. The molecule has 0 unspecified atom stereocenters. The molecule has 0 aliphatic rings. The van der Waals surface area contributed by atoms with Crippen LogP contribution >= 0.6 is 46.4 Å². The van der Waals surface area contributed by atoms with Crippen LogP contribution in [0.25, 0.3) is 0 Å². The van der Waals surface area contributed by atoms with Gasteiger partial charge in [-0.3, -0.25) is 0 Å². The molecule has 0 fully saturated rings. The zero-order valence-electron chi connectivity index (χ0n) is 15.8. The Morgan fingerprint density at radius 3 is 2.33 bits per heavy atom. The number of hydrogen-bond donors (Lipinski definition) is 0. The molecule has 0 spiro atoms. The highest BCUT2D eigenvalue weighted by atomic mass is 35.5. The molecule has 0 amide bonds. The summed E-state index contributed by atoms with van der Waals surface area (Å²) in [5, 5.41) is 4.75. The van der Waals surface area contributed by atoms with Crippen molar-refractivity contribution in [1.29, 1.82) is 0 Å². The summed E-state index contributed by atoms with van der Waals surface area (Å²) >= 11 is 23.8. The van der Waals surface area contributed by atoms with E-state index in [9.17, 15) is 0 Å². The number of ether oxygens (including phenoxy) is 2. The Morgan fingerprint density at radius 2 is 1.70 bits per heavy atom. The van der Waals surface area contributed by atoms with Gasteiger partial charge in [0.1, 0.15) is 23.5 Å². The monoisotopic (exact) mass is 455 g/mol. The van der Waals surface area contributed by atoms with Crippen molar-refractivity contribution in [3.05, 3.63) is 32.2 Å². The maximum atomic E-state index is 6.38. The molecule has 8 heteroatoms. The molecule has 1 aromatic carbocycles. The average molecular weight is 457 g/mol. The third kappa shape index (κ3) is 9.79. The van der Waals surface area contributed by atoms with Crippen LogP contribution in [0.1, 0.15) is 45.1 Å². The van der Waals surface area contributed by atoms with Crippen molar-refractivity contribution in [3.63, 3.8) is 0 Å². The predicted octanol–water partition coefficient (Wildman–Crippen LogP) is 7.35. The van der Waals surface area contributed by atoms with Crippen LogP contribution < -0.4 is 9.47 Å². The first-order chi connectivity index (χ1) is 12.8. The van der Waals surface area contributed by atoms with Crippen molar-refractivity contribution < 1.29 is 14.3 Å². The molecule has 0 bridgehead atoms. The van der Waals surface area contributed by atoms with Crippen molar-refractivity contribution in [2.75, 3.05) is 19.8 Å². The SMILES string of the molecule is CC(C)=NOCCCCCCOc1c(Cl)cc(OCC=C(Cl)Cl)c(C)c1Cl. The van der Waals surface area contributed by atoms with Gasteiger partial charge in [-0.2, -0.15) is 0 Å². The van der Waals surface area contributed by atoms with E-state index in [2.05, 4.69) is 5.16 Å². The van der Waals surface area contributed by atoms with Gasteiger partial charge in [0.15, 0.2) is 5.75 Å². The second kappa shape index (κ2) is 13.4. The molecule has 0 atom stereocenters. The normalized spacial score (nSPS) is 10.3. The second-order valence-corrected chi connectivity index (χ2v) is 7.86. The average Bonchev–Trinajstić information content (AvgIpc) is 2.59. The quantitative estimate of drug-likeness (QED) is 0.187. The van der Waals surface area contributed by atoms with Gasteiger partial charge in [0.25, 0.3) is 0 Å². The maximum absolute atomic E-state index is 6.38. The molecular formula is C19H25Cl4NO3. The van der Waals surface area contributed by atoms with Crippen LogP contribution in [0.2, 0.25) is 10.0 Å². The standard InChI is InChI=1S/C19H25Cl4NO3/c1-13(2)24-27-10-7-5-4-6-9-26-19-15(20)12-16(14(3)18(19)23)25-11-8-17(21)22/h8,12H,4-7,9-11H2,1-3H3. The fourth-order valence-electron chi connectivity index (χ4n) is 2.12. The number of oxime groups is 1. The molecule has 27 heavy (non-hydrogen) atoms. The van der Waals surface area contributed by atoms with E-state index in [1.807, 2.05) is 20.8 Å². The van der Waals surface area contributed by atoms with E-state index in [4.69, 9.17) is 60.7 Å². The summed E-state index contributed by atoms with van der Waals surface area (Å²) < 4.78 is 11.5. The largest absolute Gasteiger partial charge is 0.490 e. The van der Waals surface area contributed by atoms with Crippen molar-refractivity contribution in [2.24, 2.45) is 5.16 Å². The van der Waals surface area contributed by atoms with Crippen LogP contribution in [0.5, 0.6) is 11.5 Å². The minimum Gasteiger partial charge on any atom is -0.490 e. The molecule has 0 aromatic heterocycles. The molecular weight excluding hydrogens is 432 g/mol. The molecule has 0 saturated carbocycles. The number of unbranched alkanes of at least 4 members (excludes halogenated alkanes) is 3. The van der Waals surface area contributed by atoms with Gasteiger partial charge in [-0.1, -0.05) is 51.6 Å². The summed E-state index contributed by atoms with van der Waals surface area (Å²) in [7, 11) is 0. The van der Waals surface area contributed by atoms with Crippen LogP contribution in [-0.4, -0.2) is 25.5 Å². The predicted molar refractivity (Wildman–Crippen MR) is 115 cm³/mol. The van der Waals surface area contributed by atoms with E-state index in [0.29, 0.717) is 34.8 Å². The van der Waals surface area contributed by atoms with E-state index < -0.39 is 0 Å². The first-order valence-corrected chi connectivity index (χ1v) is 10.2. The van der Waals surface area contributed by atoms with Gasteiger partial charge in [0.05, 0.1) is 22.4 Å². The Morgan fingerprint density at radius 1 is 1.04 bits per heavy atom. The van der Waals surface area contributed by atoms with E-state index in [0.717, 1.165) is 37.0 Å². The van der Waals surface area contributed by atoms with Gasteiger partial charge in [-0.05, 0) is 52.5 Å². The van der Waals surface area contributed by atoms with Gasteiger partial charge >= 0.3 is 0 Å². The smallest absolute Gasteiger partial charge is 0.156 e. The highest BCUT2D eigenvalue weighted by molar-refractivity contribution is 6.55. The van der Waals surface area contributed by atoms with Crippen molar-refractivity contribution >= 4 is 52.1 Å². The maximum Gasteiger partial charge on any atom is 0.156 e. The van der Waals surface area contributed by atoms with Crippen LogP contribution in [0.4, 0.5) is 0 Å². The lowest BCUT2D eigenvalue weighted by atomic mass is 10.2. The van der Waals surface area contributed by atoms with Gasteiger partial charge in [-0.25, -0.2) is 0 Å². The molecule has 4 nitrogen and oxygen atoms in total. The molecule has 0 aliphatic carbocycles. The summed E-state index contributed by atoms with van der Waals surface area (Å²) in [4.78, 5) is 5.16. The minimum atomic E-state index is 0.143. The van der Waals surface area contributed by atoms with Crippen LogP contribution in [0, 0.1) is 6.92 Å². The highest BCUT2D eigenvalue weighted by Crippen LogP contribution is 2.40. The number of nitrogens with zero attached hydrogens (tertiary/aromatic N) is 1. The lowest BCUT2D eigenvalue weighted by Gasteiger charge is -2.15. The fourth-order valence-corrected chi connectivity index (χ4v) is 2.79. The first-order valence-electron chi connectivity index (χ1n) is 8.71. The molecule has 0 heterocycles. The lowest BCUT2D eigenvalue weighted by Crippen LogP contribution is -2.02. The first kappa shape index (κ1) is 24.2. The Labute approximate surface area is 181 Å². The van der Waals surface area contributed by atoms with E-state index in [-0.39, 0.29) is 11.1 Å². The molecule has 0 N–H and O–H groups in total. The van der Waals surface area contributed by atoms with E-state index >= 15 is 0 Å². The zero-order chi connectivity index (χ0) is 20.2. The number of hydrogen-bond acceptors (Lipinski definition) is 4. The highest BCUT2D eigenvalue weighted by Gasteiger charge is 2.15. The van der Waals surface area contributed by atoms with Gasteiger partial charge < -0.3 is 14.3 Å². The molecule has 1 rings (SSSR count). The fraction of sp³-hybridized carbons (Fsp3) is 0.526. The van der Waals surface area contributed by atoms with E-state index in [1.165, 1.54) is 6.08 Å². The summed E-state index contributed by atoms with van der Waals surface area (Å²) in [6, 6.07) is 1.68. The number of benzene rings is 1. The Hall–Kier alpha value is -0.810. The number of halogens is 4. The van der Waals surface area contributed by atoms with Crippen molar-refractivity contribution in [3.8, 4) is 11.5 Å². The summed E-state index contributed by atoms with van der Waals surface area (Å²) in [6.07, 6.45) is 5.48. The lowest BCUT2D eigenvalue weighted by molar-refractivity contribution is 0.139. The number of rotatable bonds is 12. The Kier molecular flexibility index (Phi) is 12.0. The van der Waals surface area contributed by atoms with E-state index in [1.54, 1.807) is 6.07 Å². The topological polar surface area (TPSA) is 40.0 Å².